The second kappa shape index (κ2) is 6.69. The van der Waals surface area contributed by atoms with Crippen LogP contribution in [-0.2, 0) is 5.54 Å². The van der Waals surface area contributed by atoms with E-state index >= 15 is 0 Å². The van der Waals surface area contributed by atoms with Crippen LogP contribution in [0.1, 0.15) is 25.3 Å². The van der Waals surface area contributed by atoms with E-state index in [0.29, 0.717) is 12.8 Å². The minimum Gasteiger partial charge on any atom is -0.390 e. The van der Waals surface area contributed by atoms with Gasteiger partial charge in [-0.05, 0) is 37.0 Å². The molecule has 0 saturated heterocycles. The van der Waals surface area contributed by atoms with Crippen LogP contribution in [-0.4, -0.2) is 30.3 Å². The number of nitrogens with zero attached hydrogens (tertiary/aromatic N) is 4. The van der Waals surface area contributed by atoms with Crippen molar-refractivity contribution in [1.29, 1.82) is 0 Å². The highest BCUT2D eigenvalue weighted by atomic mass is 16.3. The predicted molar refractivity (Wildman–Crippen MR) is 125 cm³/mol. The monoisotopic (exact) mass is 421 g/mol. The summed E-state index contributed by atoms with van der Waals surface area (Å²) >= 11 is 0. The number of pyridine rings is 1. The van der Waals surface area contributed by atoms with Gasteiger partial charge in [0, 0.05) is 34.3 Å². The van der Waals surface area contributed by atoms with E-state index in [1.165, 1.54) is 0 Å². The molecule has 3 N–H and O–H groups in total. The van der Waals surface area contributed by atoms with Crippen molar-refractivity contribution < 1.29 is 5.11 Å². The molecule has 1 saturated carbocycles. The smallest absolute Gasteiger partial charge is 0.165 e. The SMILES string of the molecule is CC1(O)CC(N)(c2ccc(-c3nc4c(cnc5ccnn54)cc3-c3ccccc3)cc2)C1. The summed E-state index contributed by atoms with van der Waals surface area (Å²) in [6.07, 6.45) is 4.71. The van der Waals surface area contributed by atoms with Gasteiger partial charge in [-0.3, -0.25) is 0 Å². The zero-order valence-corrected chi connectivity index (χ0v) is 17.7. The Hall–Kier alpha value is -3.61. The maximum Gasteiger partial charge on any atom is 0.165 e. The van der Waals surface area contributed by atoms with Crippen LogP contribution in [0, 0.1) is 0 Å². The number of hydrogen-bond donors (Lipinski definition) is 2. The van der Waals surface area contributed by atoms with Crippen molar-refractivity contribution in [2.75, 3.05) is 0 Å². The number of fused-ring (bicyclic) bond motifs is 3. The molecular weight excluding hydrogens is 398 g/mol. The molecule has 158 valence electrons. The maximum absolute atomic E-state index is 10.2. The average Bonchev–Trinajstić information content (AvgIpc) is 3.27. The quantitative estimate of drug-likeness (QED) is 0.453. The van der Waals surface area contributed by atoms with E-state index in [1.807, 2.05) is 37.4 Å². The van der Waals surface area contributed by atoms with Gasteiger partial charge >= 0.3 is 0 Å². The van der Waals surface area contributed by atoms with E-state index in [9.17, 15) is 5.11 Å². The highest BCUT2D eigenvalue weighted by Crippen LogP contribution is 2.46. The fraction of sp³-hybridized carbons (Fsp3) is 0.192. The van der Waals surface area contributed by atoms with E-state index < -0.39 is 11.1 Å². The van der Waals surface area contributed by atoms with Gasteiger partial charge in [-0.15, -0.1) is 0 Å². The summed E-state index contributed by atoms with van der Waals surface area (Å²) in [5.41, 5.74) is 12.0. The van der Waals surface area contributed by atoms with E-state index in [-0.39, 0.29) is 0 Å². The fourth-order valence-electron chi connectivity index (χ4n) is 5.01. The molecular formula is C26H23N5O. The molecule has 32 heavy (non-hydrogen) atoms. The van der Waals surface area contributed by atoms with Crippen molar-refractivity contribution >= 4 is 16.7 Å². The molecule has 1 aliphatic carbocycles. The zero-order chi connectivity index (χ0) is 21.9. The lowest BCUT2D eigenvalue weighted by molar-refractivity contribution is -0.0738. The van der Waals surface area contributed by atoms with Crippen LogP contribution < -0.4 is 5.73 Å². The van der Waals surface area contributed by atoms with Crippen molar-refractivity contribution in [3.8, 4) is 22.4 Å². The van der Waals surface area contributed by atoms with Crippen LogP contribution >= 0.6 is 0 Å². The van der Waals surface area contributed by atoms with Gasteiger partial charge in [0.25, 0.3) is 0 Å². The molecule has 6 nitrogen and oxygen atoms in total. The molecule has 0 aliphatic heterocycles. The second-order valence-electron chi connectivity index (χ2n) is 9.11. The largest absolute Gasteiger partial charge is 0.390 e. The van der Waals surface area contributed by atoms with Crippen molar-refractivity contribution in [1.82, 2.24) is 19.6 Å². The summed E-state index contributed by atoms with van der Waals surface area (Å²) in [7, 11) is 0. The molecule has 5 aromatic rings. The predicted octanol–water partition coefficient (Wildman–Crippen LogP) is 4.31. The molecule has 0 radical (unpaired) electrons. The Kier molecular flexibility index (Phi) is 4.00. The molecule has 1 aliphatic rings. The first-order valence-corrected chi connectivity index (χ1v) is 10.7. The second-order valence-corrected chi connectivity index (χ2v) is 9.11. The van der Waals surface area contributed by atoms with Crippen molar-refractivity contribution in [3.63, 3.8) is 0 Å². The standard InChI is InChI=1S/C26H23N5O/c1-25(32)15-26(27,16-25)20-9-7-18(8-10-20)23-21(17-5-3-2-4-6-17)13-19-14-28-22-11-12-29-31(22)24(19)30-23/h2-14,32H,15-16,27H2,1H3. The summed E-state index contributed by atoms with van der Waals surface area (Å²) in [6.45, 7) is 1.84. The van der Waals surface area contributed by atoms with Crippen LogP contribution in [0.25, 0.3) is 39.1 Å². The number of aliphatic hydroxyl groups is 1. The number of hydrogen-bond acceptors (Lipinski definition) is 5. The summed E-state index contributed by atoms with van der Waals surface area (Å²) in [4.78, 5) is 9.56. The Balaban J connectivity index is 1.52. The molecule has 2 aromatic carbocycles. The van der Waals surface area contributed by atoms with Crippen LogP contribution in [0.3, 0.4) is 0 Å². The third kappa shape index (κ3) is 2.99. The van der Waals surface area contributed by atoms with Gasteiger partial charge < -0.3 is 10.8 Å². The fourth-order valence-corrected chi connectivity index (χ4v) is 5.01. The number of aromatic nitrogens is 4. The first-order chi connectivity index (χ1) is 15.4. The van der Waals surface area contributed by atoms with E-state index in [1.54, 1.807) is 10.7 Å². The molecule has 3 aromatic heterocycles. The van der Waals surface area contributed by atoms with Gasteiger partial charge in [-0.1, -0.05) is 54.6 Å². The van der Waals surface area contributed by atoms with Gasteiger partial charge in [0.2, 0.25) is 0 Å². The van der Waals surface area contributed by atoms with Crippen molar-refractivity contribution in [2.24, 2.45) is 5.73 Å². The highest BCUT2D eigenvalue weighted by molar-refractivity contribution is 5.90. The van der Waals surface area contributed by atoms with Crippen LogP contribution in [0.4, 0.5) is 0 Å². The summed E-state index contributed by atoms with van der Waals surface area (Å²) < 4.78 is 1.77. The first kappa shape index (κ1) is 19.1. The Bertz CT molecular complexity index is 1450. The van der Waals surface area contributed by atoms with Crippen LogP contribution in [0.2, 0.25) is 0 Å². The Morgan fingerprint density at radius 1 is 0.969 bits per heavy atom. The molecule has 0 spiro atoms. The van der Waals surface area contributed by atoms with Gasteiger partial charge in [0.15, 0.2) is 11.3 Å². The molecule has 3 heterocycles. The lowest BCUT2D eigenvalue weighted by atomic mass is 9.63. The molecule has 0 amide bonds. The van der Waals surface area contributed by atoms with Crippen molar-refractivity contribution in [3.05, 3.63) is 84.7 Å². The zero-order valence-electron chi connectivity index (χ0n) is 17.7. The van der Waals surface area contributed by atoms with Crippen LogP contribution in [0.5, 0.6) is 0 Å². The van der Waals surface area contributed by atoms with Gasteiger partial charge in [-0.25, -0.2) is 9.97 Å². The van der Waals surface area contributed by atoms with E-state index in [4.69, 9.17) is 10.7 Å². The topological polar surface area (TPSA) is 89.3 Å². The maximum atomic E-state index is 10.2. The van der Waals surface area contributed by atoms with E-state index in [2.05, 4.69) is 52.5 Å². The Labute approximate surface area is 185 Å². The minimum atomic E-state index is -0.684. The van der Waals surface area contributed by atoms with Crippen LogP contribution in [0.15, 0.2) is 79.1 Å². The first-order valence-electron chi connectivity index (χ1n) is 10.7. The lowest BCUT2D eigenvalue weighted by Gasteiger charge is -2.49. The normalized spacial score (nSPS) is 22.8. The van der Waals surface area contributed by atoms with Crippen molar-refractivity contribution in [2.45, 2.75) is 30.9 Å². The summed E-state index contributed by atoms with van der Waals surface area (Å²) in [6, 6.07) is 22.5. The third-order valence-electron chi connectivity index (χ3n) is 6.40. The highest BCUT2D eigenvalue weighted by Gasteiger charge is 2.49. The number of nitrogens with two attached hydrogens (primary N) is 1. The van der Waals surface area contributed by atoms with Gasteiger partial charge in [0.1, 0.15) is 0 Å². The average molecular weight is 422 g/mol. The number of rotatable bonds is 3. The van der Waals surface area contributed by atoms with Gasteiger partial charge in [0.05, 0.1) is 17.5 Å². The molecule has 0 bridgehead atoms. The molecule has 6 rings (SSSR count). The summed E-state index contributed by atoms with van der Waals surface area (Å²) in [5.74, 6) is 0. The van der Waals surface area contributed by atoms with Gasteiger partial charge in [-0.2, -0.15) is 9.61 Å². The third-order valence-corrected chi connectivity index (χ3v) is 6.40. The Morgan fingerprint density at radius 2 is 1.72 bits per heavy atom. The number of benzene rings is 2. The molecule has 0 unspecified atom stereocenters. The molecule has 1 fully saturated rings. The molecule has 6 heteroatoms. The van der Waals surface area contributed by atoms with E-state index in [0.717, 1.165) is 44.6 Å². The minimum absolute atomic E-state index is 0.478. The molecule has 0 atom stereocenters. The Morgan fingerprint density at radius 3 is 2.44 bits per heavy atom. The summed E-state index contributed by atoms with van der Waals surface area (Å²) in [5, 5.41) is 15.5. The lowest BCUT2D eigenvalue weighted by Crippen LogP contribution is -2.58.